The quantitative estimate of drug-likeness (QED) is 0.864. The summed E-state index contributed by atoms with van der Waals surface area (Å²) >= 11 is 0. The van der Waals surface area contributed by atoms with Gasteiger partial charge in [-0.25, -0.2) is 4.79 Å². The number of nitrogens with one attached hydrogen (secondary N) is 1. The molecule has 1 aromatic rings. The van der Waals surface area contributed by atoms with Crippen molar-refractivity contribution in [2.24, 2.45) is 5.92 Å². The maximum absolute atomic E-state index is 11.9. The largest absolute Gasteiger partial charge is 0.324 e. The van der Waals surface area contributed by atoms with Crippen LogP contribution in [0.15, 0.2) is 30.3 Å². The van der Waals surface area contributed by atoms with Gasteiger partial charge in [0.05, 0.1) is 5.92 Å². The van der Waals surface area contributed by atoms with E-state index < -0.39 is 0 Å². The molecule has 2 aliphatic rings. The lowest BCUT2D eigenvalue weighted by atomic mass is 9.98. The molecule has 4 heteroatoms. The molecule has 18 heavy (non-hydrogen) atoms. The van der Waals surface area contributed by atoms with E-state index in [1.54, 1.807) is 0 Å². The van der Waals surface area contributed by atoms with Gasteiger partial charge in [0, 0.05) is 12.6 Å². The second-order valence-electron chi connectivity index (χ2n) is 5.01. The van der Waals surface area contributed by atoms with Crippen LogP contribution in [0.5, 0.6) is 0 Å². The molecule has 0 bridgehead atoms. The van der Waals surface area contributed by atoms with Crippen molar-refractivity contribution in [1.29, 1.82) is 0 Å². The van der Waals surface area contributed by atoms with Gasteiger partial charge in [-0.1, -0.05) is 36.8 Å². The van der Waals surface area contributed by atoms with E-state index in [9.17, 15) is 9.59 Å². The third-order valence-corrected chi connectivity index (χ3v) is 3.90. The van der Waals surface area contributed by atoms with Crippen LogP contribution in [0.3, 0.4) is 0 Å². The van der Waals surface area contributed by atoms with Crippen LogP contribution in [0.1, 0.15) is 24.8 Å². The third kappa shape index (κ3) is 1.88. The van der Waals surface area contributed by atoms with Crippen LogP contribution in [0.4, 0.5) is 4.79 Å². The van der Waals surface area contributed by atoms with Crippen molar-refractivity contribution in [3.63, 3.8) is 0 Å². The maximum Gasteiger partial charge on any atom is 0.324 e. The number of carbonyl (C=O) groups excluding carboxylic acids is 2. The molecular formula is C14H16N2O2. The zero-order valence-corrected chi connectivity index (χ0v) is 10.1. The minimum atomic E-state index is -0.244. The number of hydrogen-bond acceptors (Lipinski definition) is 2. The Hall–Kier alpha value is -1.84. The Morgan fingerprint density at radius 2 is 1.94 bits per heavy atom. The normalized spacial score (nSPS) is 27.0. The summed E-state index contributed by atoms with van der Waals surface area (Å²) in [6.07, 6.45) is 2.87. The van der Waals surface area contributed by atoms with Gasteiger partial charge in [0.15, 0.2) is 0 Å². The van der Waals surface area contributed by atoms with Gasteiger partial charge in [-0.2, -0.15) is 0 Å². The fraction of sp³-hybridized carbons (Fsp3) is 0.429. The molecule has 1 aromatic carbocycles. The number of fused-ring (bicyclic) bond motifs is 1. The SMILES string of the molecule is O=C1NC(=O)N(Cc2ccccc2)[C@H]2CCC[C@@H]12. The van der Waals surface area contributed by atoms with Crippen LogP contribution in [-0.2, 0) is 11.3 Å². The van der Waals surface area contributed by atoms with Gasteiger partial charge < -0.3 is 4.90 Å². The van der Waals surface area contributed by atoms with Crippen LogP contribution in [0.2, 0.25) is 0 Å². The average Bonchev–Trinajstić information content (AvgIpc) is 2.85. The number of hydrogen-bond donors (Lipinski definition) is 1. The number of benzene rings is 1. The van der Waals surface area contributed by atoms with E-state index in [1.165, 1.54) is 0 Å². The maximum atomic E-state index is 11.9. The first-order valence-electron chi connectivity index (χ1n) is 6.41. The number of imide groups is 1. The van der Waals surface area contributed by atoms with Crippen LogP contribution < -0.4 is 5.32 Å². The van der Waals surface area contributed by atoms with Crippen LogP contribution in [0.25, 0.3) is 0 Å². The molecule has 1 saturated heterocycles. The van der Waals surface area contributed by atoms with Crippen molar-refractivity contribution < 1.29 is 9.59 Å². The molecule has 94 valence electrons. The van der Waals surface area contributed by atoms with E-state index in [1.807, 2.05) is 35.2 Å². The molecule has 2 fully saturated rings. The van der Waals surface area contributed by atoms with Gasteiger partial charge in [0.25, 0.3) is 0 Å². The number of amides is 3. The fourth-order valence-corrected chi connectivity index (χ4v) is 3.01. The molecule has 4 nitrogen and oxygen atoms in total. The topological polar surface area (TPSA) is 49.4 Å². The van der Waals surface area contributed by atoms with E-state index in [0.29, 0.717) is 6.54 Å². The standard InChI is InChI=1S/C14H16N2O2/c17-13-11-7-4-8-12(11)16(14(18)15-13)9-10-5-2-1-3-6-10/h1-3,5-6,11-12H,4,7-9H2,(H,15,17,18)/t11-,12+/m1/s1. The van der Waals surface area contributed by atoms with E-state index in [0.717, 1.165) is 24.8 Å². The molecule has 0 aromatic heterocycles. The van der Waals surface area contributed by atoms with E-state index >= 15 is 0 Å². The molecule has 1 aliphatic heterocycles. The molecule has 2 atom stereocenters. The number of nitrogens with zero attached hydrogens (tertiary/aromatic N) is 1. The minimum absolute atomic E-state index is 0.00795. The molecule has 1 saturated carbocycles. The summed E-state index contributed by atoms with van der Waals surface area (Å²) in [5.41, 5.74) is 1.10. The molecule has 1 N–H and O–H groups in total. The van der Waals surface area contributed by atoms with Crippen molar-refractivity contribution in [2.75, 3.05) is 0 Å². The first-order chi connectivity index (χ1) is 8.75. The lowest BCUT2D eigenvalue weighted by Crippen LogP contribution is -2.57. The van der Waals surface area contributed by atoms with Gasteiger partial charge in [-0.15, -0.1) is 0 Å². The lowest BCUT2D eigenvalue weighted by molar-refractivity contribution is -0.127. The predicted octanol–water partition coefficient (Wildman–Crippen LogP) is 1.91. The Balaban J connectivity index is 1.82. The highest BCUT2D eigenvalue weighted by Gasteiger charge is 2.43. The monoisotopic (exact) mass is 244 g/mol. The third-order valence-electron chi connectivity index (χ3n) is 3.90. The van der Waals surface area contributed by atoms with E-state index in [-0.39, 0.29) is 23.9 Å². The van der Waals surface area contributed by atoms with Gasteiger partial charge >= 0.3 is 6.03 Å². The summed E-state index contributed by atoms with van der Waals surface area (Å²) in [6, 6.07) is 9.75. The Labute approximate surface area is 106 Å². The average molecular weight is 244 g/mol. The Bertz CT molecular complexity index is 472. The molecule has 3 rings (SSSR count). The highest BCUT2D eigenvalue weighted by atomic mass is 16.2. The first kappa shape index (κ1) is 11.3. The van der Waals surface area contributed by atoms with Crippen molar-refractivity contribution in [3.05, 3.63) is 35.9 Å². The predicted molar refractivity (Wildman–Crippen MR) is 66.7 cm³/mol. The molecular weight excluding hydrogens is 228 g/mol. The zero-order chi connectivity index (χ0) is 12.5. The second-order valence-corrected chi connectivity index (χ2v) is 5.01. The summed E-state index contributed by atoms with van der Waals surface area (Å²) in [5, 5.41) is 2.47. The van der Waals surface area contributed by atoms with Gasteiger partial charge in [-0.05, 0) is 18.4 Å². The Morgan fingerprint density at radius 1 is 1.17 bits per heavy atom. The summed E-state index contributed by atoms with van der Waals surface area (Å²) in [5.74, 6) is -0.0989. The first-order valence-corrected chi connectivity index (χ1v) is 6.41. The number of urea groups is 1. The van der Waals surface area contributed by atoms with Gasteiger partial charge in [0.2, 0.25) is 5.91 Å². The number of rotatable bonds is 2. The lowest BCUT2D eigenvalue weighted by Gasteiger charge is -2.36. The van der Waals surface area contributed by atoms with Crippen molar-refractivity contribution in [3.8, 4) is 0 Å². The minimum Gasteiger partial charge on any atom is -0.316 e. The smallest absolute Gasteiger partial charge is 0.316 e. The van der Waals surface area contributed by atoms with Crippen LogP contribution in [0, 0.1) is 5.92 Å². The molecule has 0 radical (unpaired) electrons. The molecule has 1 heterocycles. The van der Waals surface area contributed by atoms with Gasteiger partial charge in [0.1, 0.15) is 0 Å². The number of carbonyl (C=O) groups is 2. The molecule has 0 unspecified atom stereocenters. The fourth-order valence-electron chi connectivity index (χ4n) is 3.01. The Kier molecular flexibility index (Phi) is 2.78. The Morgan fingerprint density at radius 3 is 2.72 bits per heavy atom. The zero-order valence-electron chi connectivity index (χ0n) is 10.1. The molecule has 3 amide bonds. The van der Waals surface area contributed by atoms with Crippen molar-refractivity contribution >= 4 is 11.9 Å². The van der Waals surface area contributed by atoms with Gasteiger partial charge in [-0.3, -0.25) is 10.1 Å². The van der Waals surface area contributed by atoms with Crippen LogP contribution in [-0.4, -0.2) is 22.9 Å². The summed E-state index contributed by atoms with van der Waals surface area (Å²) < 4.78 is 0. The molecule has 0 spiro atoms. The van der Waals surface area contributed by atoms with Crippen LogP contribution >= 0.6 is 0 Å². The van der Waals surface area contributed by atoms with Crippen molar-refractivity contribution in [2.45, 2.75) is 31.8 Å². The summed E-state index contributed by atoms with van der Waals surface area (Å²) in [7, 11) is 0. The van der Waals surface area contributed by atoms with E-state index in [4.69, 9.17) is 0 Å². The second kappa shape index (κ2) is 4.44. The summed E-state index contributed by atoms with van der Waals surface area (Å²) in [6.45, 7) is 0.584. The summed E-state index contributed by atoms with van der Waals surface area (Å²) in [4.78, 5) is 25.5. The highest BCUT2D eigenvalue weighted by Crippen LogP contribution is 2.33. The highest BCUT2D eigenvalue weighted by molar-refractivity contribution is 5.98. The van der Waals surface area contributed by atoms with E-state index in [2.05, 4.69) is 5.32 Å². The van der Waals surface area contributed by atoms with Crippen molar-refractivity contribution in [1.82, 2.24) is 10.2 Å². The molecule has 1 aliphatic carbocycles.